The van der Waals surface area contributed by atoms with Gasteiger partial charge in [0.1, 0.15) is 11.5 Å². The smallest absolute Gasteiger partial charge is 0.335 e. The van der Waals surface area contributed by atoms with Gasteiger partial charge in [-0.2, -0.15) is 0 Å². The summed E-state index contributed by atoms with van der Waals surface area (Å²) in [6, 6.07) is 5.99. The van der Waals surface area contributed by atoms with E-state index in [2.05, 4.69) is 6.58 Å². The van der Waals surface area contributed by atoms with E-state index in [9.17, 15) is 4.79 Å². The van der Waals surface area contributed by atoms with Gasteiger partial charge in [-0.05, 0) is 12.1 Å². The standard InChI is InChI=1S/C9H8O3/c1-2-9(11)12-8-5-3-4-7(10)6-8/h2-6,10H,1H2. The fourth-order valence-electron chi connectivity index (χ4n) is 0.705. The van der Waals surface area contributed by atoms with Crippen LogP contribution in [0.4, 0.5) is 0 Å². The molecule has 0 aliphatic rings. The molecule has 12 heavy (non-hydrogen) atoms. The lowest BCUT2D eigenvalue weighted by Gasteiger charge is -2.00. The molecule has 1 aromatic rings. The molecule has 0 aliphatic carbocycles. The fourth-order valence-corrected chi connectivity index (χ4v) is 0.705. The van der Waals surface area contributed by atoms with Gasteiger partial charge in [-0.3, -0.25) is 0 Å². The van der Waals surface area contributed by atoms with E-state index in [1.807, 2.05) is 0 Å². The summed E-state index contributed by atoms with van der Waals surface area (Å²) in [4.78, 5) is 10.7. The minimum absolute atomic E-state index is 0.0596. The summed E-state index contributed by atoms with van der Waals surface area (Å²) in [5.41, 5.74) is 0. The molecule has 1 aromatic carbocycles. The number of carbonyl (C=O) groups excluding carboxylic acids is 1. The second kappa shape index (κ2) is 3.57. The summed E-state index contributed by atoms with van der Waals surface area (Å²) in [5.74, 6) is -0.176. The second-order valence-electron chi connectivity index (χ2n) is 2.12. The Morgan fingerprint density at radius 2 is 2.33 bits per heavy atom. The maximum Gasteiger partial charge on any atom is 0.335 e. The van der Waals surface area contributed by atoms with Crippen LogP contribution in [0.5, 0.6) is 11.5 Å². The Morgan fingerprint density at radius 1 is 1.58 bits per heavy atom. The fraction of sp³-hybridized carbons (Fsp3) is 0. The predicted molar refractivity (Wildman–Crippen MR) is 43.9 cm³/mol. The largest absolute Gasteiger partial charge is 0.508 e. The van der Waals surface area contributed by atoms with Crippen LogP contribution in [-0.2, 0) is 4.79 Å². The van der Waals surface area contributed by atoms with Gasteiger partial charge in [0.15, 0.2) is 0 Å². The second-order valence-corrected chi connectivity index (χ2v) is 2.12. The Kier molecular flexibility index (Phi) is 2.48. The first-order valence-corrected chi connectivity index (χ1v) is 3.35. The Bertz CT molecular complexity index is 304. The van der Waals surface area contributed by atoms with Crippen molar-refractivity contribution in [3.63, 3.8) is 0 Å². The van der Waals surface area contributed by atoms with E-state index in [-0.39, 0.29) is 5.75 Å². The number of carbonyl (C=O) groups is 1. The number of benzene rings is 1. The molecule has 0 bridgehead atoms. The molecule has 0 saturated heterocycles. The average molecular weight is 164 g/mol. The average Bonchev–Trinajstić information content (AvgIpc) is 2.04. The van der Waals surface area contributed by atoms with Crippen LogP contribution in [-0.4, -0.2) is 11.1 Å². The molecule has 0 heterocycles. The van der Waals surface area contributed by atoms with Gasteiger partial charge < -0.3 is 9.84 Å². The number of hydrogen-bond acceptors (Lipinski definition) is 3. The van der Waals surface area contributed by atoms with Gasteiger partial charge in [-0.25, -0.2) is 4.79 Å². The van der Waals surface area contributed by atoms with E-state index in [1.54, 1.807) is 12.1 Å². The van der Waals surface area contributed by atoms with Crippen LogP contribution in [0.25, 0.3) is 0 Å². The molecule has 62 valence electrons. The van der Waals surface area contributed by atoms with E-state index in [4.69, 9.17) is 9.84 Å². The lowest BCUT2D eigenvalue weighted by Crippen LogP contribution is -2.02. The number of hydrogen-bond donors (Lipinski definition) is 1. The Hall–Kier alpha value is -1.77. The van der Waals surface area contributed by atoms with Gasteiger partial charge >= 0.3 is 5.97 Å². The molecule has 0 aromatic heterocycles. The molecule has 0 unspecified atom stereocenters. The first kappa shape index (κ1) is 8.33. The summed E-state index contributed by atoms with van der Waals surface area (Å²) in [6.45, 7) is 3.24. The first-order chi connectivity index (χ1) is 5.72. The minimum atomic E-state index is -0.541. The number of aromatic hydroxyl groups is 1. The zero-order valence-electron chi connectivity index (χ0n) is 6.36. The van der Waals surface area contributed by atoms with Crippen LogP contribution < -0.4 is 4.74 Å². The molecule has 0 aliphatic heterocycles. The van der Waals surface area contributed by atoms with Gasteiger partial charge in [0.25, 0.3) is 0 Å². The van der Waals surface area contributed by atoms with Gasteiger partial charge in [-0.15, -0.1) is 0 Å². The highest BCUT2D eigenvalue weighted by Gasteiger charge is 1.98. The normalized spacial score (nSPS) is 9.00. The Balaban J connectivity index is 2.76. The summed E-state index contributed by atoms with van der Waals surface area (Å²) in [7, 11) is 0. The molecule has 3 nitrogen and oxygen atoms in total. The molecule has 1 N–H and O–H groups in total. The van der Waals surface area contributed by atoms with Crippen LogP contribution in [0.1, 0.15) is 0 Å². The summed E-state index contributed by atoms with van der Waals surface area (Å²) < 4.78 is 4.73. The van der Waals surface area contributed by atoms with Gasteiger partial charge in [0.05, 0.1) is 0 Å². The zero-order chi connectivity index (χ0) is 8.97. The van der Waals surface area contributed by atoms with Crippen molar-refractivity contribution in [1.82, 2.24) is 0 Å². The number of phenolic OH excluding ortho intramolecular Hbond substituents is 1. The lowest BCUT2D eigenvalue weighted by molar-refractivity contribution is -0.128. The molecule has 0 saturated carbocycles. The van der Waals surface area contributed by atoms with Gasteiger partial charge in [-0.1, -0.05) is 12.6 Å². The van der Waals surface area contributed by atoms with Gasteiger partial charge in [0, 0.05) is 12.1 Å². The third-order valence-corrected chi connectivity index (χ3v) is 1.20. The first-order valence-electron chi connectivity index (χ1n) is 3.35. The third kappa shape index (κ3) is 2.12. The summed E-state index contributed by atoms with van der Waals surface area (Å²) in [6.07, 6.45) is 1.06. The molecule has 0 amide bonds. The number of rotatable bonds is 2. The topological polar surface area (TPSA) is 46.5 Å². The number of phenols is 1. The van der Waals surface area contributed by atoms with Crippen molar-refractivity contribution in [3.05, 3.63) is 36.9 Å². The highest BCUT2D eigenvalue weighted by molar-refractivity contribution is 5.83. The molecule has 0 radical (unpaired) electrons. The van der Waals surface area contributed by atoms with Gasteiger partial charge in [0.2, 0.25) is 0 Å². The number of esters is 1. The maximum atomic E-state index is 10.7. The molecular formula is C9H8O3. The summed E-state index contributed by atoms with van der Waals surface area (Å²) in [5, 5.41) is 8.98. The van der Waals surface area contributed by atoms with Crippen molar-refractivity contribution in [3.8, 4) is 11.5 Å². The van der Waals surface area contributed by atoms with Crippen molar-refractivity contribution in [2.75, 3.05) is 0 Å². The SMILES string of the molecule is C=CC(=O)Oc1cccc(O)c1. The van der Waals surface area contributed by atoms with Crippen LogP contribution >= 0.6 is 0 Å². The Labute approximate surface area is 69.9 Å². The number of ether oxygens (including phenoxy) is 1. The predicted octanol–water partition coefficient (Wildman–Crippen LogP) is 1.48. The van der Waals surface area contributed by atoms with Crippen molar-refractivity contribution in [2.24, 2.45) is 0 Å². The molecule has 0 fully saturated rings. The van der Waals surface area contributed by atoms with Crippen molar-refractivity contribution >= 4 is 5.97 Å². The quantitative estimate of drug-likeness (QED) is 0.409. The summed E-state index contributed by atoms with van der Waals surface area (Å²) >= 11 is 0. The van der Waals surface area contributed by atoms with E-state index in [1.165, 1.54) is 12.1 Å². The van der Waals surface area contributed by atoms with E-state index in [0.29, 0.717) is 5.75 Å². The lowest BCUT2D eigenvalue weighted by atomic mass is 10.3. The molecule has 0 atom stereocenters. The van der Waals surface area contributed by atoms with E-state index in [0.717, 1.165) is 6.08 Å². The Morgan fingerprint density at radius 3 is 2.92 bits per heavy atom. The molecular weight excluding hydrogens is 156 g/mol. The van der Waals surface area contributed by atoms with Crippen LogP contribution in [0, 0.1) is 0 Å². The van der Waals surface area contributed by atoms with Crippen LogP contribution in [0.15, 0.2) is 36.9 Å². The monoisotopic (exact) mass is 164 g/mol. The zero-order valence-corrected chi connectivity index (χ0v) is 6.36. The van der Waals surface area contributed by atoms with E-state index >= 15 is 0 Å². The van der Waals surface area contributed by atoms with E-state index < -0.39 is 5.97 Å². The highest BCUT2D eigenvalue weighted by atomic mass is 16.5. The molecule has 0 spiro atoms. The third-order valence-electron chi connectivity index (χ3n) is 1.20. The minimum Gasteiger partial charge on any atom is -0.508 e. The molecule has 3 heteroatoms. The van der Waals surface area contributed by atoms with Crippen LogP contribution in [0.3, 0.4) is 0 Å². The van der Waals surface area contributed by atoms with Crippen molar-refractivity contribution < 1.29 is 14.6 Å². The molecule has 1 rings (SSSR count). The highest BCUT2D eigenvalue weighted by Crippen LogP contribution is 2.17. The maximum absolute atomic E-state index is 10.7. The van der Waals surface area contributed by atoms with Crippen molar-refractivity contribution in [2.45, 2.75) is 0 Å². The van der Waals surface area contributed by atoms with Crippen molar-refractivity contribution in [1.29, 1.82) is 0 Å². The van der Waals surface area contributed by atoms with Crippen LogP contribution in [0.2, 0.25) is 0 Å².